The second-order valence-electron chi connectivity index (χ2n) is 4.82. The number of pyridine rings is 1. The Morgan fingerprint density at radius 2 is 1.91 bits per heavy atom. The zero-order valence-electron chi connectivity index (χ0n) is 11.8. The van der Waals surface area contributed by atoms with Gasteiger partial charge in [0, 0.05) is 24.1 Å². The van der Waals surface area contributed by atoms with Crippen molar-refractivity contribution in [1.29, 1.82) is 0 Å². The van der Waals surface area contributed by atoms with Crippen molar-refractivity contribution in [3.05, 3.63) is 54.9 Å². The van der Waals surface area contributed by atoms with Gasteiger partial charge in [-0.25, -0.2) is 9.67 Å². The predicted molar refractivity (Wildman–Crippen MR) is 82.1 cm³/mol. The Hall–Kier alpha value is -3.02. The Labute approximate surface area is 127 Å². The van der Waals surface area contributed by atoms with Gasteiger partial charge in [-0.3, -0.25) is 0 Å². The van der Waals surface area contributed by atoms with E-state index in [4.69, 9.17) is 9.47 Å². The summed E-state index contributed by atoms with van der Waals surface area (Å²) in [7, 11) is 0. The van der Waals surface area contributed by atoms with Gasteiger partial charge in [0.25, 0.3) is 0 Å². The van der Waals surface area contributed by atoms with Gasteiger partial charge in [-0.2, -0.15) is 5.10 Å². The summed E-state index contributed by atoms with van der Waals surface area (Å²) >= 11 is 0. The van der Waals surface area contributed by atoms with Crippen LogP contribution in [0.15, 0.2) is 54.9 Å². The van der Waals surface area contributed by atoms with Crippen molar-refractivity contribution >= 4 is 11.5 Å². The highest BCUT2D eigenvalue weighted by molar-refractivity contribution is 5.62. The molecule has 1 aliphatic heterocycles. The highest BCUT2D eigenvalue weighted by Gasteiger charge is 2.12. The molecule has 1 aromatic carbocycles. The first kappa shape index (κ1) is 12.7. The number of hydrogen-bond donors (Lipinski definition) is 1. The van der Waals surface area contributed by atoms with Crippen LogP contribution in [0.2, 0.25) is 0 Å². The topological polar surface area (TPSA) is 61.2 Å². The number of benzene rings is 1. The average molecular weight is 294 g/mol. The third-order valence-electron chi connectivity index (χ3n) is 3.29. The van der Waals surface area contributed by atoms with E-state index in [-0.39, 0.29) is 0 Å². The van der Waals surface area contributed by atoms with Gasteiger partial charge in [0.2, 0.25) is 0 Å². The van der Waals surface area contributed by atoms with Crippen LogP contribution in [0.4, 0.5) is 11.5 Å². The quantitative estimate of drug-likeness (QED) is 0.805. The number of aromatic nitrogens is 3. The highest BCUT2D eigenvalue weighted by Crippen LogP contribution is 2.33. The lowest BCUT2D eigenvalue weighted by molar-refractivity contribution is 0.171. The molecule has 4 rings (SSSR count). The van der Waals surface area contributed by atoms with Gasteiger partial charge < -0.3 is 14.8 Å². The summed E-state index contributed by atoms with van der Waals surface area (Å²) in [5.74, 6) is 3.02. The predicted octanol–water partition coefficient (Wildman–Crippen LogP) is 2.78. The maximum Gasteiger partial charge on any atom is 0.163 e. The summed E-state index contributed by atoms with van der Waals surface area (Å²) in [4.78, 5) is 4.54. The average Bonchev–Trinajstić information content (AvgIpc) is 3.10. The largest absolute Gasteiger partial charge is 0.486 e. The first-order chi connectivity index (χ1) is 10.9. The molecule has 0 amide bonds. The molecule has 0 bridgehead atoms. The number of fused-ring (bicyclic) bond motifs is 1. The molecule has 1 N–H and O–H groups in total. The first-order valence-electron chi connectivity index (χ1n) is 7.02. The van der Waals surface area contributed by atoms with Crippen molar-refractivity contribution in [2.45, 2.75) is 0 Å². The molecule has 0 aliphatic carbocycles. The summed E-state index contributed by atoms with van der Waals surface area (Å²) in [5, 5.41) is 7.45. The van der Waals surface area contributed by atoms with Crippen LogP contribution in [0, 0.1) is 0 Å². The molecule has 1 aliphatic rings. The second kappa shape index (κ2) is 5.40. The van der Waals surface area contributed by atoms with E-state index >= 15 is 0 Å². The minimum absolute atomic E-state index is 0.573. The van der Waals surface area contributed by atoms with E-state index in [2.05, 4.69) is 15.4 Å². The fraction of sp³-hybridized carbons (Fsp3) is 0.125. The Morgan fingerprint density at radius 1 is 1.00 bits per heavy atom. The molecule has 110 valence electrons. The van der Waals surface area contributed by atoms with E-state index in [9.17, 15) is 0 Å². The van der Waals surface area contributed by atoms with E-state index < -0.39 is 0 Å². The minimum Gasteiger partial charge on any atom is -0.486 e. The molecular weight excluding hydrogens is 280 g/mol. The Kier molecular flexibility index (Phi) is 3.12. The molecule has 6 heteroatoms. The van der Waals surface area contributed by atoms with E-state index in [1.165, 1.54) is 0 Å². The standard InChI is InChI=1S/C16H14N4O2/c1-3-15(19-16(4-1)20-8-2-7-17-20)18-12-5-6-13-14(11-12)22-10-9-21-13/h1-8,11H,9-10H2,(H,18,19). The lowest BCUT2D eigenvalue weighted by atomic mass is 10.2. The van der Waals surface area contributed by atoms with Gasteiger partial charge in [0.1, 0.15) is 19.0 Å². The van der Waals surface area contributed by atoms with Crippen LogP contribution in [0.1, 0.15) is 0 Å². The van der Waals surface area contributed by atoms with Gasteiger partial charge >= 0.3 is 0 Å². The molecule has 0 saturated carbocycles. The first-order valence-corrected chi connectivity index (χ1v) is 7.02. The molecule has 3 aromatic rings. The summed E-state index contributed by atoms with van der Waals surface area (Å²) < 4.78 is 12.8. The van der Waals surface area contributed by atoms with Crippen LogP contribution in [0.5, 0.6) is 11.5 Å². The number of ether oxygens (including phenoxy) is 2. The summed E-state index contributed by atoms with van der Waals surface area (Å²) in [6, 6.07) is 13.4. The van der Waals surface area contributed by atoms with Gasteiger partial charge in [0.15, 0.2) is 17.3 Å². The molecule has 2 aromatic heterocycles. The van der Waals surface area contributed by atoms with Crippen molar-refractivity contribution in [3.63, 3.8) is 0 Å². The van der Waals surface area contributed by atoms with Crippen LogP contribution < -0.4 is 14.8 Å². The molecule has 0 saturated heterocycles. The number of hydrogen-bond acceptors (Lipinski definition) is 5. The Morgan fingerprint density at radius 3 is 2.77 bits per heavy atom. The monoisotopic (exact) mass is 294 g/mol. The highest BCUT2D eigenvalue weighted by atomic mass is 16.6. The maximum atomic E-state index is 5.58. The van der Waals surface area contributed by atoms with Gasteiger partial charge in [-0.15, -0.1) is 0 Å². The number of nitrogens with zero attached hydrogens (tertiary/aromatic N) is 3. The fourth-order valence-corrected chi connectivity index (χ4v) is 2.29. The van der Waals surface area contributed by atoms with Crippen molar-refractivity contribution in [2.24, 2.45) is 0 Å². The third kappa shape index (κ3) is 2.46. The van der Waals surface area contributed by atoms with E-state index in [0.29, 0.717) is 13.2 Å². The van der Waals surface area contributed by atoms with Crippen molar-refractivity contribution in [3.8, 4) is 17.3 Å². The number of anilines is 2. The third-order valence-corrected chi connectivity index (χ3v) is 3.29. The SMILES string of the molecule is c1cc(Nc2ccc3c(c2)OCCO3)nc(-n2cccn2)c1. The fourth-order valence-electron chi connectivity index (χ4n) is 2.29. The maximum absolute atomic E-state index is 5.58. The van der Waals surface area contributed by atoms with Crippen LogP contribution in [0.3, 0.4) is 0 Å². The molecule has 0 spiro atoms. The second-order valence-corrected chi connectivity index (χ2v) is 4.82. The Bertz CT molecular complexity index is 787. The zero-order valence-corrected chi connectivity index (χ0v) is 11.8. The molecule has 0 radical (unpaired) electrons. The van der Waals surface area contributed by atoms with Crippen LogP contribution >= 0.6 is 0 Å². The van der Waals surface area contributed by atoms with E-state index in [1.807, 2.05) is 48.7 Å². The molecule has 3 heterocycles. The van der Waals surface area contributed by atoms with Crippen LogP contribution in [0.25, 0.3) is 5.82 Å². The molecule has 0 fully saturated rings. The minimum atomic E-state index is 0.573. The normalized spacial score (nSPS) is 12.9. The van der Waals surface area contributed by atoms with Crippen LogP contribution in [-0.4, -0.2) is 28.0 Å². The van der Waals surface area contributed by atoms with E-state index in [0.717, 1.165) is 28.8 Å². The summed E-state index contributed by atoms with van der Waals surface area (Å²) in [6.07, 6.45) is 3.58. The molecule has 22 heavy (non-hydrogen) atoms. The van der Waals surface area contributed by atoms with Crippen LogP contribution in [-0.2, 0) is 0 Å². The lowest BCUT2D eigenvalue weighted by Crippen LogP contribution is -2.15. The summed E-state index contributed by atoms with van der Waals surface area (Å²) in [5.41, 5.74) is 0.898. The van der Waals surface area contributed by atoms with Crippen molar-refractivity contribution < 1.29 is 9.47 Å². The summed E-state index contributed by atoms with van der Waals surface area (Å²) in [6.45, 7) is 1.16. The number of rotatable bonds is 3. The molecule has 6 nitrogen and oxygen atoms in total. The molecular formula is C16H14N4O2. The van der Waals surface area contributed by atoms with Crippen molar-refractivity contribution in [1.82, 2.24) is 14.8 Å². The molecule has 0 atom stereocenters. The Balaban J connectivity index is 1.60. The zero-order chi connectivity index (χ0) is 14.8. The van der Waals surface area contributed by atoms with Gasteiger partial charge in [0.05, 0.1) is 0 Å². The van der Waals surface area contributed by atoms with E-state index in [1.54, 1.807) is 10.9 Å². The smallest absolute Gasteiger partial charge is 0.163 e. The van der Waals surface area contributed by atoms with Crippen molar-refractivity contribution in [2.75, 3.05) is 18.5 Å². The van der Waals surface area contributed by atoms with Gasteiger partial charge in [-0.1, -0.05) is 6.07 Å². The number of nitrogens with one attached hydrogen (secondary N) is 1. The van der Waals surface area contributed by atoms with Gasteiger partial charge in [-0.05, 0) is 30.3 Å². The lowest BCUT2D eigenvalue weighted by Gasteiger charge is -2.19. The molecule has 0 unspecified atom stereocenters.